The van der Waals surface area contributed by atoms with Crippen molar-refractivity contribution in [2.75, 3.05) is 12.4 Å². The predicted octanol–water partition coefficient (Wildman–Crippen LogP) is 4.51. The van der Waals surface area contributed by atoms with Crippen molar-refractivity contribution >= 4 is 50.7 Å². The summed E-state index contributed by atoms with van der Waals surface area (Å²) in [6, 6.07) is 13.8. The van der Waals surface area contributed by atoms with Crippen molar-refractivity contribution in [3.05, 3.63) is 91.8 Å². The SMILES string of the molecule is COC(=O)c1ccccc1NC(=O)c1sc2ncn(Cc3ccccc3Cl)c(=O)c2c1C. The van der Waals surface area contributed by atoms with Gasteiger partial charge in [0.25, 0.3) is 11.5 Å². The first-order valence-corrected chi connectivity index (χ1v) is 10.8. The number of para-hydroxylation sites is 1. The van der Waals surface area contributed by atoms with Crippen molar-refractivity contribution in [2.45, 2.75) is 13.5 Å². The Morgan fingerprint density at radius 2 is 1.88 bits per heavy atom. The summed E-state index contributed by atoms with van der Waals surface area (Å²) in [6.07, 6.45) is 1.46. The van der Waals surface area contributed by atoms with Gasteiger partial charge in [0.1, 0.15) is 4.83 Å². The molecule has 2 aromatic carbocycles. The molecule has 4 rings (SSSR count). The second-order valence-electron chi connectivity index (χ2n) is 7.00. The van der Waals surface area contributed by atoms with Gasteiger partial charge in [-0.05, 0) is 36.2 Å². The number of amides is 1. The van der Waals surface area contributed by atoms with E-state index in [2.05, 4.69) is 10.3 Å². The molecule has 2 heterocycles. The molecule has 9 heteroatoms. The molecular weight excluding hydrogens is 450 g/mol. The fourth-order valence-corrected chi connectivity index (χ4v) is 4.59. The van der Waals surface area contributed by atoms with Crippen LogP contribution in [0.5, 0.6) is 0 Å². The first kappa shape index (κ1) is 21.7. The van der Waals surface area contributed by atoms with Crippen molar-refractivity contribution in [3.8, 4) is 0 Å². The number of carbonyl (C=O) groups excluding carboxylic acids is 2. The van der Waals surface area contributed by atoms with Crippen LogP contribution in [-0.4, -0.2) is 28.5 Å². The summed E-state index contributed by atoms with van der Waals surface area (Å²) in [5.41, 5.74) is 1.64. The fourth-order valence-electron chi connectivity index (χ4n) is 3.36. The van der Waals surface area contributed by atoms with E-state index in [9.17, 15) is 14.4 Å². The van der Waals surface area contributed by atoms with Crippen LogP contribution in [0, 0.1) is 6.92 Å². The molecule has 0 saturated carbocycles. The maximum Gasteiger partial charge on any atom is 0.339 e. The molecule has 0 unspecified atom stereocenters. The summed E-state index contributed by atoms with van der Waals surface area (Å²) in [4.78, 5) is 43.3. The van der Waals surface area contributed by atoms with Crippen LogP contribution < -0.4 is 10.9 Å². The number of esters is 1. The number of ether oxygens (including phenoxy) is 1. The minimum absolute atomic E-state index is 0.238. The van der Waals surface area contributed by atoms with Gasteiger partial charge in [0, 0.05) is 5.02 Å². The zero-order valence-electron chi connectivity index (χ0n) is 17.2. The van der Waals surface area contributed by atoms with Gasteiger partial charge in [0.2, 0.25) is 0 Å². The van der Waals surface area contributed by atoms with Gasteiger partial charge in [0.15, 0.2) is 0 Å². The van der Waals surface area contributed by atoms with Crippen LogP contribution in [0.25, 0.3) is 10.2 Å². The number of thiophene rings is 1. The van der Waals surface area contributed by atoms with Gasteiger partial charge in [-0.3, -0.25) is 14.2 Å². The van der Waals surface area contributed by atoms with Crippen LogP contribution in [0.3, 0.4) is 0 Å². The molecule has 0 bridgehead atoms. The number of hydrogen-bond donors (Lipinski definition) is 1. The number of methoxy groups -OCH3 is 1. The molecule has 0 atom stereocenters. The monoisotopic (exact) mass is 467 g/mol. The average molecular weight is 468 g/mol. The van der Waals surface area contributed by atoms with E-state index in [1.54, 1.807) is 37.3 Å². The van der Waals surface area contributed by atoms with Crippen LogP contribution in [0.4, 0.5) is 5.69 Å². The van der Waals surface area contributed by atoms with Crippen molar-refractivity contribution < 1.29 is 14.3 Å². The highest BCUT2D eigenvalue weighted by Gasteiger charge is 2.21. The third kappa shape index (κ3) is 4.02. The molecule has 0 radical (unpaired) electrons. The first-order valence-electron chi connectivity index (χ1n) is 9.61. The van der Waals surface area contributed by atoms with Crippen molar-refractivity contribution in [1.82, 2.24) is 9.55 Å². The minimum atomic E-state index is -0.557. The van der Waals surface area contributed by atoms with Gasteiger partial charge < -0.3 is 10.1 Å². The summed E-state index contributed by atoms with van der Waals surface area (Å²) in [5.74, 6) is -0.989. The van der Waals surface area contributed by atoms with E-state index in [0.717, 1.165) is 16.9 Å². The number of halogens is 1. The molecule has 4 aromatic rings. The highest BCUT2D eigenvalue weighted by Crippen LogP contribution is 2.28. The fraction of sp³-hybridized carbons (Fsp3) is 0.130. The standard InChI is InChI=1S/C23H18ClN3O4S/c1-13-18-21(25-12-27(22(18)29)11-14-7-3-5-9-16(14)24)32-19(13)20(28)26-17-10-6-4-8-15(17)23(30)31-2/h3-10,12H,11H2,1-2H3,(H,26,28). The molecule has 1 N–H and O–H groups in total. The number of aryl methyl sites for hydroxylation is 1. The lowest BCUT2D eigenvalue weighted by Crippen LogP contribution is -2.21. The number of nitrogens with zero attached hydrogens (tertiary/aromatic N) is 2. The van der Waals surface area contributed by atoms with Gasteiger partial charge >= 0.3 is 5.97 Å². The molecule has 162 valence electrons. The molecule has 0 aliphatic rings. The lowest BCUT2D eigenvalue weighted by Gasteiger charge is -2.09. The van der Waals surface area contributed by atoms with E-state index in [-0.39, 0.29) is 17.7 Å². The van der Waals surface area contributed by atoms with Crippen LogP contribution in [0.15, 0.2) is 59.7 Å². The normalized spacial score (nSPS) is 10.8. The lowest BCUT2D eigenvalue weighted by atomic mass is 10.1. The van der Waals surface area contributed by atoms with Crippen molar-refractivity contribution in [1.29, 1.82) is 0 Å². The summed E-state index contributed by atoms with van der Waals surface area (Å²) >= 11 is 7.35. The number of nitrogens with one attached hydrogen (secondary N) is 1. The molecule has 0 saturated heterocycles. The van der Waals surface area contributed by atoms with Gasteiger partial charge in [-0.1, -0.05) is 41.9 Å². The van der Waals surface area contributed by atoms with Gasteiger partial charge in [-0.2, -0.15) is 0 Å². The van der Waals surface area contributed by atoms with E-state index >= 15 is 0 Å². The minimum Gasteiger partial charge on any atom is -0.465 e. The second kappa shape index (κ2) is 8.94. The molecule has 2 aromatic heterocycles. The van der Waals surface area contributed by atoms with E-state index < -0.39 is 11.9 Å². The Labute approximate surface area is 192 Å². The number of fused-ring (bicyclic) bond motifs is 1. The zero-order valence-corrected chi connectivity index (χ0v) is 18.8. The van der Waals surface area contributed by atoms with Crippen LogP contribution in [0.2, 0.25) is 5.02 Å². The molecule has 0 fully saturated rings. The zero-order chi connectivity index (χ0) is 22.8. The number of hydrogen-bond acceptors (Lipinski definition) is 6. The van der Waals surface area contributed by atoms with Gasteiger partial charge in [-0.25, -0.2) is 9.78 Å². The molecule has 0 spiro atoms. The largest absolute Gasteiger partial charge is 0.465 e. The number of benzene rings is 2. The molecule has 1 amide bonds. The highest BCUT2D eigenvalue weighted by atomic mass is 35.5. The van der Waals surface area contributed by atoms with Crippen molar-refractivity contribution in [2.24, 2.45) is 0 Å². The van der Waals surface area contributed by atoms with E-state index in [1.807, 2.05) is 18.2 Å². The smallest absolute Gasteiger partial charge is 0.339 e. The Hall–Kier alpha value is -3.49. The molecular formula is C23H18ClN3O4S. The Morgan fingerprint density at radius 1 is 1.16 bits per heavy atom. The number of anilines is 1. The second-order valence-corrected chi connectivity index (χ2v) is 8.40. The third-order valence-corrected chi connectivity index (χ3v) is 6.57. The van der Waals surface area contributed by atoms with Crippen LogP contribution >= 0.6 is 22.9 Å². The van der Waals surface area contributed by atoms with Gasteiger partial charge in [0.05, 0.1) is 41.5 Å². The third-order valence-electron chi connectivity index (χ3n) is 5.00. The number of carbonyl (C=O) groups is 2. The summed E-state index contributed by atoms with van der Waals surface area (Å²) in [6.45, 7) is 1.98. The maximum atomic E-state index is 13.1. The Balaban J connectivity index is 1.70. The first-order chi connectivity index (χ1) is 15.4. The van der Waals surface area contributed by atoms with Crippen LogP contribution in [0.1, 0.15) is 31.2 Å². The average Bonchev–Trinajstić information content (AvgIpc) is 3.14. The van der Waals surface area contributed by atoms with E-state index in [0.29, 0.717) is 31.4 Å². The molecule has 32 heavy (non-hydrogen) atoms. The topological polar surface area (TPSA) is 90.3 Å². The Bertz CT molecular complexity index is 1410. The number of aromatic nitrogens is 2. The van der Waals surface area contributed by atoms with Gasteiger partial charge in [-0.15, -0.1) is 11.3 Å². The van der Waals surface area contributed by atoms with E-state index in [1.165, 1.54) is 18.0 Å². The maximum absolute atomic E-state index is 13.1. The summed E-state index contributed by atoms with van der Waals surface area (Å²) in [7, 11) is 1.27. The Kier molecular flexibility index (Phi) is 6.07. The van der Waals surface area contributed by atoms with Crippen LogP contribution in [-0.2, 0) is 11.3 Å². The molecule has 0 aliphatic heterocycles. The number of rotatable bonds is 5. The Morgan fingerprint density at radius 3 is 2.62 bits per heavy atom. The summed E-state index contributed by atoms with van der Waals surface area (Å²) in [5, 5.41) is 3.69. The van der Waals surface area contributed by atoms with Crippen molar-refractivity contribution in [3.63, 3.8) is 0 Å². The lowest BCUT2D eigenvalue weighted by molar-refractivity contribution is 0.0602. The highest BCUT2D eigenvalue weighted by molar-refractivity contribution is 7.20. The molecule has 7 nitrogen and oxygen atoms in total. The summed E-state index contributed by atoms with van der Waals surface area (Å²) < 4.78 is 6.24. The van der Waals surface area contributed by atoms with E-state index in [4.69, 9.17) is 16.3 Å². The quantitative estimate of drug-likeness (QED) is 0.436. The molecule has 0 aliphatic carbocycles. The predicted molar refractivity (Wildman–Crippen MR) is 125 cm³/mol.